The van der Waals surface area contributed by atoms with Gasteiger partial charge in [0.2, 0.25) is 0 Å². The predicted molar refractivity (Wildman–Crippen MR) is 66.2 cm³/mol. The molecule has 2 aliphatic rings. The molecule has 1 saturated heterocycles. The highest BCUT2D eigenvalue weighted by Crippen LogP contribution is 2.31. The number of nitrogens with one attached hydrogen (secondary N) is 1. The van der Waals surface area contributed by atoms with E-state index >= 15 is 0 Å². The summed E-state index contributed by atoms with van der Waals surface area (Å²) in [7, 11) is 0. The van der Waals surface area contributed by atoms with Crippen molar-refractivity contribution in [3.8, 4) is 0 Å². The van der Waals surface area contributed by atoms with E-state index in [0.29, 0.717) is 32.3 Å². The van der Waals surface area contributed by atoms with E-state index in [9.17, 15) is 9.90 Å². The number of ether oxygens (including phenoxy) is 2. The molecule has 0 radical (unpaired) electrons. The van der Waals surface area contributed by atoms with Crippen LogP contribution in [0.15, 0.2) is 0 Å². The third-order valence-corrected chi connectivity index (χ3v) is 3.77. The van der Waals surface area contributed by atoms with Crippen LogP contribution in [0.25, 0.3) is 0 Å². The van der Waals surface area contributed by atoms with E-state index in [4.69, 9.17) is 9.47 Å². The zero-order valence-electron chi connectivity index (χ0n) is 11.0. The van der Waals surface area contributed by atoms with E-state index in [1.54, 1.807) is 0 Å². The van der Waals surface area contributed by atoms with Crippen LogP contribution in [-0.4, -0.2) is 49.1 Å². The molecule has 0 aromatic heterocycles. The smallest absolute Gasteiger partial charge is 0.251 e. The lowest BCUT2D eigenvalue weighted by molar-refractivity contribution is -0.149. The van der Waals surface area contributed by atoms with Crippen molar-refractivity contribution in [1.82, 2.24) is 5.32 Å². The highest BCUT2D eigenvalue weighted by molar-refractivity contribution is 5.81. The highest BCUT2D eigenvalue weighted by Gasteiger charge is 2.34. The molecule has 0 aromatic rings. The van der Waals surface area contributed by atoms with Crippen molar-refractivity contribution in [3.05, 3.63) is 0 Å². The summed E-state index contributed by atoms with van der Waals surface area (Å²) in [5, 5.41) is 13.2. The first-order chi connectivity index (χ1) is 8.59. The summed E-state index contributed by atoms with van der Waals surface area (Å²) in [6.07, 6.45) is 3.19. The fourth-order valence-corrected chi connectivity index (χ4v) is 2.80. The molecule has 2 fully saturated rings. The molecule has 0 spiro atoms. The first kappa shape index (κ1) is 13.8. The third-order valence-electron chi connectivity index (χ3n) is 3.77. The van der Waals surface area contributed by atoms with Gasteiger partial charge in [-0.25, -0.2) is 0 Å². The fraction of sp³-hybridized carbons (Fsp3) is 0.923. The topological polar surface area (TPSA) is 67.8 Å². The van der Waals surface area contributed by atoms with Crippen molar-refractivity contribution in [2.24, 2.45) is 5.92 Å². The van der Waals surface area contributed by atoms with Gasteiger partial charge in [-0.1, -0.05) is 19.8 Å². The summed E-state index contributed by atoms with van der Waals surface area (Å²) in [6.45, 7) is 3.77. The molecule has 0 aromatic carbocycles. The van der Waals surface area contributed by atoms with Crippen LogP contribution in [-0.2, 0) is 14.3 Å². The minimum Gasteiger partial charge on any atom is -0.388 e. The Balaban J connectivity index is 1.77. The Hall–Kier alpha value is -0.650. The number of hydrogen-bond acceptors (Lipinski definition) is 4. The van der Waals surface area contributed by atoms with Crippen LogP contribution in [0.5, 0.6) is 0 Å². The molecule has 1 saturated carbocycles. The van der Waals surface area contributed by atoms with Gasteiger partial charge in [0.1, 0.15) is 0 Å². The fourth-order valence-electron chi connectivity index (χ4n) is 2.80. The van der Waals surface area contributed by atoms with Gasteiger partial charge in [0, 0.05) is 6.54 Å². The van der Waals surface area contributed by atoms with E-state index < -0.39 is 11.7 Å². The first-order valence-corrected chi connectivity index (χ1v) is 6.78. The number of rotatable bonds is 3. The van der Waals surface area contributed by atoms with Crippen molar-refractivity contribution in [2.75, 3.05) is 26.4 Å². The SMILES string of the molecule is CC1CCCC(O)(CNC(=O)C2COCCO2)C1. The maximum absolute atomic E-state index is 11.8. The Kier molecular flexibility index (Phi) is 4.59. The summed E-state index contributed by atoms with van der Waals surface area (Å²) in [5.74, 6) is 0.344. The van der Waals surface area contributed by atoms with Crippen LogP contribution in [0.3, 0.4) is 0 Å². The van der Waals surface area contributed by atoms with Crippen molar-refractivity contribution in [1.29, 1.82) is 0 Å². The minimum absolute atomic E-state index is 0.179. The summed E-state index contributed by atoms with van der Waals surface area (Å²) >= 11 is 0. The zero-order valence-corrected chi connectivity index (χ0v) is 11.0. The second-order valence-electron chi connectivity index (χ2n) is 5.58. The maximum Gasteiger partial charge on any atom is 0.251 e. The quantitative estimate of drug-likeness (QED) is 0.771. The van der Waals surface area contributed by atoms with Crippen LogP contribution < -0.4 is 5.32 Å². The van der Waals surface area contributed by atoms with Gasteiger partial charge >= 0.3 is 0 Å². The molecule has 5 nitrogen and oxygen atoms in total. The minimum atomic E-state index is -0.747. The number of hydrogen-bond donors (Lipinski definition) is 2. The molecular formula is C13H23NO4. The van der Waals surface area contributed by atoms with Gasteiger partial charge in [0.25, 0.3) is 5.91 Å². The number of carbonyl (C=O) groups is 1. The molecule has 18 heavy (non-hydrogen) atoms. The standard InChI is InChI=1S/C13H23NO4/c1-10-3-2-4-13(16,7-10)9-14-12(15)11-8-17-5-6-18-11/h10-11,16H,2-9H2,1H3,(H,14,15). The highest BCUT2D eigenvalue weighted by atomic mass is 16.6. The molecule has 1 aliphatic heterocycles. The molecule has 5 heteroatoms. The van der Waals surface area contributed by atoms with E-state index in [1.165, 1.54) is 0 Å². The lowest BCUT2D eigenvalue weighted by Gasteiger charge is -2.36. The molecular weight excluding hydrogens is 234 g/mol. The number of aliphatic hydroxyl groups is 1. The summed E-state index contributed by atoms with van der Waals surface area (Å²) in [5.41, 5.74) is -0.747. The van der Waals surface area contributed by atoms with Crippen LogP contribution in [0, 0.1) is 5.92 Å². The van der Waals surface area contributed by atoms with E-state index in [0.717, 1.165) is 25.7 Å². The molecule has 2 N–H and O–H groups in total. The van der Waals surface area contributed by atoms with Gasteiger partial charge in [-0.3, -0.25) is 4.79 Å². The van der Waals surface area contributed by atoms with Gasteiger partial charge in [0.05, 0.1) is 25.4 Å². The van der Waals surface area contributed by atoms with Gasteiger partial charge in [0.15, 0.2) is 6.10 Å². The van der Waals surface area contributed by atoms with E-state index in [1.807, 2.05) is 0 Å². The van der Waals surface area contributed by atoms with E-state index in [-0.39, 0.29) is 5.91 Å². The number of amides is 1. The Labute approximate surface area is 108 Å². The molecule has 1 aliphatic carbocycles. The Bertz CT molecular complexity index is 291. The maximum atomic E-state index is 11.8. The lowest BCUT2D eigenvalue weighted by atomic mass is 9.79. The normalized spacial score (nSPS) is 37.2. The average Bonchev–Trinajstić information content (AvgIpc) is 2.37. The van der Waals surface area contributed by atoms with Gasteiger partial charge in [-0.05, 0) is 18.8 Å². The lowest BCUT2D eigenvalue weighted by Crippen LogP contribution is -2.50. The summed E-state index contributed by atoms with van der Waals surface area (Å²) < 4.78 is 10.5. The summed E-state index contributed by atoms with van der Waals surface area (Å²) in [6, 6.07) is 0. The van der Waals surface area contributed by atoms with Crippen LogP contribution in [0.4, 0.5) is 0 Å². The summed E-state index contributed by atoms with van der Waals surface area (Å²) in [4.78, 5) is 11.8. The molecule has 2 rings (SSSR count). The van der Waals surface area contributed by atoms with Gasteiger partial charge in [-0.15, -0.1) is 0 Å². The van der Waals surface area contributed by atoms with Crippen LogP contribution >= 0.6 is 0 Å². The van der Waals surface area contributed by atoms with Crippen molar-refractivity contribution >= 4 is 5.91 Å². The first-order valence-electron chi connectivity index (χ1n) is 6.78. The average molecular weight is 257 g/mol. The van der Waals surface area contributed by atoms with Crippen molar-refractivity contribution in [3.63, 3.8) is 0 Å². The third kappa shape index (κ3) is 3.67. The van der Waals surface area contributed by atoms with Crippen molar-refractivity contribution in [2.45, 2.75) is 44.3 Å². The van der Waals surface area contributed by atoms with E-state index in [2.05, 4.69) is 12.2 Å². The zero-order chi connectivity index (χ0) is 13.0. The molecule has 0 bridgehead atoms. The second-order valence-corrected chi connectivity index (χ2v) is 5.58. The Morgan fingerprint density at radius 2 is 2.33 bits per heavy atom. The molecule has 104 valence electrons. The van der Waals surface area contributed by atoms with Gasteiger partial charge < -0.3 is 19.9 Å². The van der Waals surface area contributed by atoms with Crippen molar-refractivity contribution < 1.29 is 19.4 Å². The van der Waals surface area contributed by atoms with Crippen LogP contribution in [0.1, 0.15) is 32.6 Å². The molecule has 1 amide bonds. The number of carbonyl (C=O) groups excluding carboxylic acids is 1. The predicted octanol–water partition coefficient (Wildman–Crippen LogP) is 0.459. The largest absolute Gasteiger partial charge is 0.388 e. The second kappa shape index (κ2) is 5.99. The van der Waals surface area contributed by atoms with Gasteiger partial charge in [-0.2, -0.15) is 0 Å². The molecule has 3 unspecified atom stereocenters. The van der Waals surface area contributed by atoms with Crippen LogP contribution in [0.2, 0.25) is 0 Å². The molecule has 1 heterocycles. The molecule has 3 atom stereocenters. The Morgan fingerprint density at radius 3 is 3.00 bits per heavy atom. The Morgan fingerprint density at radius 1 is 1.50 bits per heavy atom. The monoisotopic (exact) mass is 257 g/mol.